The third-order valence-electron chi connectivity index (χ3n) is 7.21. The van der Waals surface area contributed by atoms with Crippen molar-refractivity contribution in [2.75, 3.05) is 14.2 Å². The third kappa shape index (κ3) is 5.18. The third-order valence-corrected chi connectivity index (χ3v) is 8.91. The molecule has 5 nitrogen and oxygen atoms in total. The summed E-state index contributed by atoms with van der Waals surface area (Å²) in [5, 5.41) is 0.486. The highest BCUT2D eigenvalue weighted by Crippen LogP contribution is 2.41. The first kappa shape index (κ1) is 26.3. The Labute approximate surface area is 228 Å². The lowest BCUT2D eigenvalue weighted by atomic mass is 9.97. The fourth-order valence-electron chi connectivity index (χ4n) is 5.32. The Hall–Kier alpha value is -3.29. The van der Waals surface area contributed by atoms with Crippen molar-refractivity contribution in [2.45, 2.75) is 43.4 Å². The van der Waals surface area contributed by atoms with Gasteiger partial charge in [-0.2, -0.15) is 0 Å². The standard InChI is InChI=1S/C30H29ClFNO4S/c1-36-29-15-11-20(17-26(29)31)25-7-4-8-28(25)33-38(34,35)22-13-9-19(10-14-22)23-5-3-6-24(23)21-12-16-30(37-2)27(32)18-21/h9-18,33H,3-8H2,1-2H3. The minimum absolute atomic E-state index is 0.198. The van der Waals surface area contributed by atoms with Gasteiger partial charge in [0.05, 0.1) is 24.1 Å². The second-order valence-electron chi connectivity index (χ2n) is 9.45. The molecule has 5 rings (SSSR count). The van der Waals surface area contributed by atoms with Crippen molar-refractivity contribution in [1.29, 1.82) is 0 Å². The van der Waals surface area contributed by atoms with Crippen LogP contribution in [0, 0.1) is 5.82 Å². The SMILES string of the molecule is COc1ccc(C2=C(c3ccc(S(=O)(=O)NC4=C(c5ccc(OC)c(Cl)c5)CCC4)cc3)CCC2)cc1F. The van der Waals surface area contributed by atoms with Crippen molar-refractivity contribution in [1.82, 2.24) is 4.72 Å². The smallest absolute Gasteiger partial charge is 0.261 e. The topological polar surface area (TPSA) is 64.6 Å². The molecule has 0 unspecified atom stereocenters. The van der Waals surface area contributed by atoms with E-state index >= 15 is 0 Å². The summed E-state index contributed by atoms with van der Waals surface area (Å²) in [6.45, 7) is 0. The number of hydrogen-bond donors (Lipinski definition) is 1. The van der Waals surface area contributed by atoms with Gasteiger partial charge in [0.1, 0.15) is 5.75 Å². The summed E-state index contributed by atoms with van der Waals surface area (Å²) in [6, 6.07) is 17.5. The summed E-state index contributed by atoms with van der Waals surface area (Å²) in [4.78, 5) is 0.198. The van der Waals surface area contributed by atoms with Gasteiger partial charge in [0.25, 0.3) is 10.0 Å². The van der Waals surface area contributed by atoms with Crippen LogP contribution in [0.1, 0.15) is 55.2 Å². The minimum atomic E-state index is -3.77. The molecule has 38 heavy (non-hydrogen) atoms. The molecule has 0 amide bonds. The second kappa shape index (κ2) is 10.8. The van der Waals surface area contributed by atoms with E-state index < -0.39 is 15.8 Å². The van der Waals surface area contributed by atoms with Crippen molar-refractivity contribution < 1.29 is 22.3 Å². The van der Waals surface area contributed by atoms with Crippen molar-refractivity contribution in [3.63, 3.8) is 0 Å². The van der Waals surface area contributed by atoms with Crippen LogP contribution in [-0.2, 0) is 10.0 Å². The average molecular weight is 554 g/mol. The molecule has 3 aromatic rings. The molecular formula is C30H29ClFNO4S. The quantitative estimate of drug-likeness (QED) is 0.314. The molecule has 0 heterocycles. The maximum absolute atomic E-state index is 14.3. The Kier molecular flexibility index (Phi) is 7.50. The monoisotopic (exact) mass is 553 g/mol. The number of hydrogen-bond acceptors (Lipinski definition) is 4. The zero-order valence-electron chi connectivity index (χ0n) is 21.3. The molecule has 0 spiro atoms. The second-order valence-corrected chi connectivity index (χ2v) is 11.5. The van der Waals surface area contributed by atoms with E-state index in [2.05, 4.69) is 4.72 Å². The van der Waals surface area contributed by atoms with Gasteiger partial charge in [-0.15, -0.1) is 0 Å². The Morgan fingerprint density at radius 3 is 1.92 bits per heavy atom. The highest BCUT2D eigenvalue weighted by molar-refractivity contribution is 7.89. The number of methoxy groups -OCH3 is 2. The summed E-state index contributed by atoms with van der Waals surface area (Å²) in [5.74, 6) is 0.397. The molecule has 0 aliphatic heterocycles. The molecule has 0 bridgehead atoms. The number of benzene rings is 3. The molecule has 3 aromatic carbocycles. The molecule has 0 radical (unpaired) electrons. The van der Waals surface area contributed by atoms with E-state index in [4.69, 9.17) is 21.1 Å². The number of sulfonamides is 1. The van der Waals surface area contributed by atoms with Crippen LogP contribution in [0.5, 0.6) is 11.5 Å². The van der Waals surface area contributed by atoms with Crippen LogP contribution < -0.4 is 14.2 Å². The van der Waals surface area contributed by atoms with Crippen molar-refractivity contribution in [2.24, 2.45) is 0 Å². The Bertz CT molecular complexity index is 1540. The predicted octanol–water partition coefficient (Wildman–Crippen LogP) is 7.46. The first-order valence-electron chi connectivity index (χ1n) is 12.6. The van der Waals surface area contributed by atoms with E-state index in [1.165, 1.54) is 13.2 Å². The van der Waals surface area contributed by atoms with Gasteiger partial charge in [-0.3, -0.25) is 4.72 Å². The van der Waals surface area contributed by atoms with Gasteiger partial charge >= 0.3 is 0 Å². The zero-order chi connectivity index (χ0) is 26.9. The molecule has 0 aromatic heterocycles. The van der Waals surface area contributed by atoms with E-state index in [1.54, 1.807) is 31.4 Å². The highest BCUT2D eigenvalue weighted by Gasteiger charge is 2.24. The van der Waals surface area contributed by atoms with E-state index in [9.17, 15) is 12.8 Å². The molecule has 0 fully saturated rings. The largest absolute Gasteiger partial charge is 0.495 e. The fourth-order valence-corrected chi connectivity index (χ4v) is 6.74. The average Bonchev–Trinajstić information content (AvgIpc) is 3.58. The fraction of sp³-hybridized carbons (Fsp3) is 0.267. The van der Waals surface area contributed by atoms with Gasteiger partial charge in [0, 0.05) is 5.70 Å². The maximum Gasteiger partial charge on any atom is 0.261 e. The van der Waals surface area contributed by atoms with Crippen LogP contribution in [0.15, 0.2) is 71.3 Å². The van der Waals surface area contributed by atoms with Gasteiger partial charge in [0.15, 0.2) is 11.6 Å². The summed E-state index contributed by atoms with van der Waals surface area (Å²) < 4.78 is 54.0. The Morgan fingerprint density at radius 2 is 1.29 bits per heavy atom. The van der Waals surface area contributed by atoms with E-state index in [1.807, 2.05) is 30.3 Å². The van der Waals surface area contributed by atoms with Gasteiger partial charge in [-0.05, 0) is 108 Å². The lowest BCUT2D eigenvalue weighted by molar-refractivity contribution is 0.386. The zero-order valence-corrected chi connectivity index (χ0v) is 22.9. The van der Waals surface area contributed by atoms with Gasteiger partial charge in [0.2, 0.25) is 0 Å². The molecular weight excluding hydrogens is 525 g/mol. The van der Waals surface area contributed by atoms with Crippen molar-refractivity contribution >= 4 is 38.3 Å². The van der Waals surface area contributed by atoms with Gasteiger partial charge in [-0.25, -0.2) is 12.8 Å². The van der Waals surface area contributed by atoms with Crippen LogP contribution in [0.3, 0.4) is 0 Å². The first-order chi connectivity index (χ1) is 18.3. The number of ether oxygens (including phenoxy) is 2. The maximum atomic E-state index is 14.3. The number of halogens is 2. The molecule has 1 N–H and O–H groups in total. The van der Waals surface area contributed by atoms with Gasteiger partial charge in [-0.1, -0.05) is 35.9 Å². The Balaban J connectivity index is 1.40. The van der Waals surface area contributed by atoms with Crippen molar-refractivity contribution in [3.8, 4) is 11.5 Å². The van der Waals surface area contributed by atoms with E-state index in [0.29, 0.717) is 22.9 Å². The first-order valence-corrected chi connectivity index (χ1v) is 14.4. The number of rotatable bonds is 8. The minimum Gasteiger partial charge on any atom is -0.495 e. The molecule has 0 atom stereocenters. The molecule has 198 valence electrons. The Morgan fingerprint density at radius 1 is 0.737 bits per heavy atom. The molecule has 2 aliphatic rings. The molecule has 0 saturated carbocycles. The van der Waals surface area contributed by atoms with Crippen LogP contribution in [0.2, 0.25) is 5.02 Å². The van der Waals surface area contributed by atoms with E-state index in [0.717, 1.165) is 65.5 Å². The van der Waals surface area contributed by atoms with Crippen LogP contribution in [0.25, 0.3) is 16.7 Å². The number of nitrogens with one attached hydrogen (secondary N) is 1. The van der Waals surface area contributed by atoms with Gasteiger partial charge < -0.3 is 9.47 Å². The van der Waals surface area contributed by atoms with Crippen LogP contribution in [-0.4, -0.2) is 22.6 Å². The summed E-state index contributed by atoms with van der Waals surface area (Å²) in [6.07, 6.45) is 4.93. The normalized spacial score (nSPS) is 15.8. The highest BCUT2D eigenvalue weighted by atomic mass is 35.5. The van der Waals surface area contributed by atoms with Crippen LogP contribution in [0.4, 0.5) is 4.39 Å². The summed E-state index contributed by atoms with van der Waals surface area (Å²) in [7, 11) is -0.767. The summed E-state index contributed by atoms with van der Waals surface area (Å²) >= 11 is 6.31. The number of allylic oxidation sites excluding steroid dienone is 4. The van der Waals surface area contributed by atoms with Crippen molar-refractivity contribution in [3.05, 3.63) is 93.9 Å². The lowest BCUT2D eigenvalue weighted by Crippen LogP contribution is -2.23. The lowest BCUT2D eigenvalue weighted by Gasteiger charge is -2.14. The molecule has 0 saturated heterocycles. The molecule has 8 heteroatoms. The predicted molar refractivity (Wildman–Crippen MR) is 149 cm³/mol. The van der Waals surface area contributed by atoms with E-state index in [-0.39, 0.29) is 10.6 Å². The summed E-state index contributed by atoms with van der Waals surface area (Å²) in [5.41, 5.74) is 6.49. The molecule has 2 aliphatic carbocycles. The van der Waals surface area contributed by atoms with Crippen LogP contribution >= 0.6 is 11.6 Å².